The van der Waals surface area contributed by atoms with E-state index in [1.807, 2.05) is 11.8 Å². The van der Waals surface area contributed by atoms with Gasteiger partial charge in [0.1, 0.15) is 0 Å². The van der Waals surface area contributed by atoms with Crippen LogP contribution in [0.4, 0.5) is 4.79 Å². The molecule has 13 heavy (non-hydrogen) atoms. The van der Waals surface area contributed by atoms with Gasteiger partial charge in [-0.25, -0.2) is 4.79 Å². The Balaban J connectivity index is 1.92. The van der Waals surface area contributed by atoms with Crippen LogP contribution in [0, 0.1) is 5.92 Å². The molecule has 1 unspecified atom stereocenters. The van der Waals surface area contributed by atoms with Gasteiger partial charge in [-0.15, -0.1) is 0 Å². The Morgan fingerprint density at radius 3 is 2.92 bits per heavy atom. The molecule has 0 aliphatic carbocycles. The maximum absolute atomic E-state index is 11.2. The van der Waals surface area contributed by atoms with Crippen molar-refractivity contribution < 1.29 is 9.59 Å². The van der Waals surface area contributed by atoms with Crippen LogP contribution in [0.2, 0.25) is 0 Å². The minimum Gasteiger partial charge on any atom is -0.329 e. The Hall–Kier alpha value is -0.710. The van der Waals surface area contributed by atoms with E-state index < -0.39 is 0 Å². The fourth-order valence-electron chi connectivity index (χ4n) is 1.63. The highest BCUT2D eigenvalue weighted by Gasteiger charge is 2.31. The SMILES string of the molecule is O=C1CNC(=O)N1CC1CCSC1. The van der Waals surface area contributed by atoms with E-state index in [1.54, 1.807) is 0 Å². The van der Waals surface area contributed by atoms with Gasteiger partial charge in [-0.05, 0) is 23.8 Å². The van der Waals surface area contributed by atoms with Crippen molar-refractivity contribution in [1.82, 2.24) is 10.2 Å². The first kappa shape index (κ1) is 8.87. The van der Waals surface area contributed by atoms with Gasteiger partial charge in [0.15, 0.2) is 0 Å². The third kappa shape index (κ3) is 1.80. The molecule has 0 aromatic carbocycles. The van der Waals surface area contributed by atoms with Gasteiger partial charge in [-0.3, -0.25) is 9.69 Å². The fraction of sp³-hybridized carbons (Fsp3) is 0.750. The summed E-state index contributed by atoms with van der Waals surface area (Å²) in [7, 11) is 0. The van der Waals surface area contributed by atoms with Gasteiger partial charge in [-0.1, -0.05) is 0 Å². The molecule has 2 fully saturated rings. The second-order valence-corrected chi connectivity index (χ2v) is 4.54. The van der Waals surface area contributed by atoms with Crippen molar-refractivity contribution in [3.63, 3.8) is 0 Å². The Morgan fingerprint density at radius 1 is 1.54 bits per heavy atom. The molecule has 2 aliphatic rings. The van der Waals surface area contributed by atoms with Gasteiger partial charge in [0.25, 0.3) is 0 Å². The van der Waals surface area contributed by atoms with Crippen molar-refractivity contribution in [1.29, 1.82) is 0 Å². The highest BCUT2D eigenvalue weighted by molar-refractivity contribution is 7.99. The summed E-state index contributed by atoms with van der Waals surface area (Å²) in [5.74, 6) is 2.67. The highest BCUT2D eigenvalue weighted by atomic mass is 32.2. The van der Waals surface area contributed by atoms with Crippen molar-refractivity contribution >= 4 is 23.7 Å². The van der Waals surface area contributed by atoms with Crippen molar-refractivity contribution in [2.24, 2.45) is 5.92 Å². The smallest absolute Gasteiger partial charge is 0.324 e. The molecule has 4 nitrogen and oxygen atoms in total. The lowest BCUT2D eigenvalue weighted by Crippen LogP contribution is -2.35. The molecule has 0 bridgehead atoms. The minimum atomic E-state index is -0.220. The second kappa shape index (κ2) is 3.57. The minimum absolute atomic E-state index is 0.0816. The second-order valence-electron chi connectivity index (χ2n) is 3.39. The number of nitrogens with zero attached hydrogens (tertiary/aromatic N) is 1. The summed E-state index contributed by atoms with van der Waals surface area (Å²) in [5, 5.41) is 2.52. The van der Waals surface area contributed by atoms with Gasteiger partial charge in [-0.2, -0.15) is 11.8 Å². The van der Waals surface area contributed by atoms with Gasteiger partial charge < -0.3 is 5.32 Å². The van der Waals surface area contributed by atoms with Gasteiger partial charge in [0.05, 0.1) is 6.54 Å². The molecule has 1 atom stereocenters. The molecular formula is C8H12N2O2S. The summed E-state index contributed by atoms with van der Waals surface area (Å²) in [6.45, 7) is 0.788. The van der Waals surface area contributed by atoms with E-state index in [2.05, 4.69) is 5.32 Å². The van der Waals surface area contributed by atoms with E-state index >= 15 is 0 Å². The predicted octanol–water partition coefficient (Wildman–Crippen LogP) is 0.291. The number of carbonyl (C=O) groups excluding carboxylic acids is 2. The van der Waals surface area contributed by atoms with Crippen molar-refractivity contribution in [3.05, 3.63) is 0 Å². The third-order valence-corrected chi connectivity index (χ3v) is 3.63. The lowest BCUT2D eigenvalue weighted by molar-refractivity contribution is -0.125. The van der Waals surface area contributed by atoms with E-state index in [0.717, 1.165) is 17.9 Å². The number of carbonyl (C=O) groups is 2. The first-order chi connectivity index (χ1) is 6.27. The number of nitrogens with one attached hydrogen (secondary N) is 1. The summed E-state index contributed by atoms with van der Waals surface area (Å²) >= 11 is 1.90. The number of thioether (sulfide) groups is 1. The lowest BCUT2D eigenvalue weighted by Gasteiger charge is -2.16. The standard InChI is InChI=1S/C8H12N2O2S/c11-7-3-9-8(12)10(7)4-6-1-2-13-5-6/h6H,1-5H2,(H,9,12). The molecular weight excluding hydrogens is 188 g/mol. The van der Waals surface area contributed by atoms with Crippen LogP contribution in [0.3, 0.4) is 0 Å². The third-order valence-electron chi connectivity index (χ3n) is 2.40. The number of rotatable bonds is 2. The molecule has 1 N–H and O–H groups in total. The van der Waals surface area contributed by atoms with Crippen LogP contribution in [0.1, 0.15) is 6.42 Å². The summed E-state index contributed by atoms with van der Waals surface area (Å²) in [4.78, 5) is 23.7. The van der Waals surface area contributed by atoms with Gasteiger partial charge in [0, 0.05) is 6.54 Å². The zero-order valence-electron chi connectivity index (χ0n) is 7.28. The molecule has 2 saturated heterocycles. The van der Waals surface area contributed by atoms with Crippen molar-refractivity contribution in [3.8, 4) is 0 Å². The average Bonchev–Trinajstić information content (AvgIpc) is 2.70. The van der Waals surface area contributed by atoms with Crippen LogP contribution in [-0.2, 0) is 4.79 Å². The summed E-state index contributed by atoms with van der Waals surface area (Å²) in [5.41, 5.74) is 0. The van der Waals surface area contributed by atoms with Crippen molar-refractivity contribution in [2.75, 3.05) is 24.6 Å². The largest absolute Gasteiger partial charge is 0.329 e. The van der Waals surface area contributed by atoms with E-state index in [9.17, 15) is 9.59 Å². The normalized spacial score (nSPS) is 28.3. The fourth-order valence-corrected chi connectivity index (χ4v) is 2.90. The van der Waals surface area contributed by atoms with Crippen LogP contribution in [0.5, 0.6) is 0 Å². The van der Waals surface area contributed by atoms with Crippen LogP contribution >= 0.6 is 11.8 Å². The molecule has 72 valence electrons. The maximum atomic E-state index is 11.2. The maximum Gasteiger partial charge on any atom is 0.324 e. The first-order valence-electron chi connectivity index (χ1n) is 4.43. The zero-order chi connectivity index (χ0) is 9.26. The van der Waals surface area contributed by atoms with Crippen molar-refractivity contribution in [2.45, 2.75) is 6.42 Å². The molecule has 0 saturated carbocycles. The van der Waals surface area contributed by atoms with Crippen LogP contribution in [-0.4, -0.2) is 41.4 Å². The Morgan fingerprint density at radius 2 is 2.38 bits per heavy atom. The Bertz CT molecular complexity index is 222. The number of urea groups is 1. The molecule has 0 radical (unpaired) electrons. The predicted molar refractivity (Wildman–Crippen MR) is 50.5 cm³/mol. The lowest BCUT2D eigenvalue weighted by atomic mass is 10.1. The Kier molecular flexibility index (Phi) is 2.44. The molecule has 2 aliphatic heterocycles. The van der Waals surface area contributed by atoms with Gasteiger partial charge in [0.2, 0.25) is 5.91 Å². The van der Waals surface area contributed by atoms with E-state index in [0.29, 0.717) is 12.5 Å². The van der Waals surface area contributed by atoms with Crippen LogP contribution in [0.15, 0.2) is 0 Å². The summed E-state index contributed by atoms with van der Waals surface area (Å²) in [6.07, 6.45) is 1.13. The number of hydrogen-bond donors (Lipinski definition) is 1. The van der Waals surface area contributed by atoms with E-state index in [1.165, 1.54) is 4.90 Å². The highest BCUT2D eigenvalue weighted by Crippen LogP contribution is 2.24. The molecule has 0 aromatic heterocycles. The first-order valence-corrected chi connectivity index (χ1v) is 5.59. The topological polar surface area (TPSA) is 49.4 Å². The Labute approximate surface area is 81.0 Å². The molecule has 3 amide bonds. The summed E-state index contributed by atoms with van der Waals surface area (Å²) < 4.78 is 0. The van der Waals surface area contributed by atoms with Gasteiger partial charge >= 0.3 is 6.03 Å². The summed E-state index contributed by atoms with van der Waals surface area (Å²) in [6, 6.07) is -0.220. The number of amides is 3. The zero-order valence-corrected chi connectivity index (χ0v) is 8.10. The molecule has 0 spiro atoms. The quantitative estimate of drug-likeness (QED) is 0.652. The number of hydrogen-bond acceptors (Lipinski definition) is 3. The average molecular weight is 200 g/mol. The van der Waals surface area contributed by atoms with Crippen LogP contribution in [0.25, 0.3) is 0 Å². The van der Waals surface area contributed by atoms with E-state index in [-0.39, 0.29) is 18.5 Å². The monoisotopic (exact) mass is 200 g/mol. The molecule has 2 rings (SSSR count). The molecule has 2 heterocycles. The molecule has 5 heteroatoms. The number of imide groups is 1. The van der Waals surface area contributed by atoms with E-state index in [4.69, 9.17) is 0 Å². The molecule has 0 aromatic rings. The van der Waals surface area contributed by atoms with Crippen LogP contribution < -0.4 is 5.32 Å².